The summed E-state index contributed by atoms with van der Waals surface area (Å²) in [5.41, 5.74) is 19.6. The van der Waals surface area contributed by atoms with Crippen molar-refractivity contribution in [3.05, 3.63) is 88.0 Å². The van der Waals surface area contributed by atoms with Crippen molar-refractivity contribution in [3.63, 3.8) is 0 Å². The molecule has 1 aliphatic heterocycles. The fraction of sp³-hybridized carbons (Fsp3) is 0.579. The molecule has 2 heteroatoms. The number of hydrogen-bond acceptors (Lipinski definition) is 0. The Kier molecular flexibility index (Phi) is 15.1. The zero-order valence-corrected chi connectivity index (χ0v) is 26.0. The topological polar surface area (TPSA) is 25.3 Å². The van der Waals surface area contributed by atoms with Gasteiger partial charge in [0.05, 0.1) is 0 Å². The van der Waals surface area contributed by atoms with Gasteiger partial charge in [0.2, 0.25) is 11.4 Å². The van der Waals surface area contributed by atoms with Gasteiger partial charge in [-0.2, -0.15) is 0 Å². The van der Waals surface area contributed by atoms with Crippen molar-refractivity contribution in [2.45, 2.75) is 143 Å². The summed E-state index contributed by atoms with van der Waals surface area (Å²) in [6, 6.07) is 17.9. The van der Waals surface area contributed by atoms with Crippen LogP contribution in [0.5, 0.6) is 0 Å². The maximum absolute atomic E-state index is 11.5. The van der Waals surface area contributed by atoms with Crippen molar-refractivity contribution in [2.75, 3.05) is 0 Å². The first-order chi connectivity index (χ1) is 19.7. The van der Waals surface area contributed by atoms with Gasteiger partial charge in [0.15, 0.2) is 0 Å². The molecule has 0 aliphatic carbocycles. The lowest BCUT2D eigenvalue weighted by atomic mass is 9.99. The Bertz CT molecular complexity index is 1060. The van der Waals surface area contributed by atoms with E-state index in [0.29, 0.717) is 0 Å². The molecule has 1 heterocycles. The molecule has 0 spiro atoms. The fourth-order valence-electron chi connectivity index (χ4n) is 5.89. The first kappa shape index (κ1) is 32.0. The summed E-state index contributed by atoms with van der Waals surface area (Å²) in [4.78, 5) is 0. The van der Waals surface area contributed by atoms with E-state index in [4.69, 9.17) is 0 Å². The summed E-state index contributed by atoms with van der Waals surface area (Å²) in [5, 5.41) is 0. The summed E-state index contributed by atoms with van der Waals surface area (Å²) in [6.45, 7) is 6.81. The third-order valence-electron chi connectivity index (χ3n) is 8.47. The SMILES string of the molecule is CCCCCCCCc1ccc(C2=CC(CCCCCC)=C(c3ccc(CCCCCCCC)cc3)[N+]2=[N-])cc1. The van der Waals surface area contributed by atoms with Gasteiger partial charge < -0.3 is 5.53 Å². The monoisotopic (exact) mass is 540 g/mol. The average Bonchev–Trinajstić information content (AvgIpc) is 3.31. The van der Waals surface area contributed by atoms with E-state index >= 15 is 0 Å². The Morgan fingerprint density at radius 3 is 1.38 bits per heavy atom. The van der Waals surface area contributed by atoms with Crippen LogP contribution in [0.15, 0.2) is 60.2 Å². The van der Waals surface area contributed by atoms with Crippen molar-refractivity contribution in [3.8, 4) is 0 Å². The largest absolute Gasteiger partial charge is 0.493 e. The standard InChI is InChI=1S/C38H56N2/c1-4-7-10-13-15-17-20-32-23-27-34(28-24-32)37-31-36(22-19-12-9-6-3)38(40(37)39)35-29-25-33(26-30-35)21-18-16-14-11-8-5-2/h23-31H,4-22H2,1-3H3. The summed E-state index contributed by atoms with van der Waals surface area (Å²) >= 11 is 0. The normalized spacial score (nSPS) is 13.4. The minimum absolute atomic E-state index is 0.905. The van der Waals surface area contributed by atoms with Crippen molar-refractivity contribution >= 4 is 11.4 Å². The number of nitrogens with zero attached hydrogens (tertiary/aromatic N) is 2. The molecular weight excluding hydrogens is 484 g/mol. The number of hydrogen-bond donors (Lipinski definition) is 0. The molecule has 0 aromatic heterocycles. The van der Waals surface area contributed by atoms with Crippen LogP contribution in [0.4, 0.5) is 0 Å². The van der Waals surface area contributed by atoms with Crippen LogP contribution in [0.25, 0.3) is 16.9 Å². The Hall–Kier alpha value is -2.48. The molecule has 0 unspecified atom stereocenters. The maximum atomic E-state index is 11.5. The summed E-state index contributed by atoms with van der Waals surface area (Å²) < 4.78 is 1.46. The molecule has 0 fully saturated rings. The number of aryl methyl sites for hydroxylation is 2. The predicted octanol–water partition coefficient (Wildman–Crippen LogP) is 12.3. The van der Waals surface area contributed by atoms with Crippen LogP contribution in [0.1, 0.15) is 152 Å². The lowest BCUT2D eigenvalue weighted by Gasteiger charge is -2.11. The molecule has 0 radical (unpaired) electrons. The molecule has 0 bridgehead atoms. The third-order valence-corrected chi connectivity index (χ3v) is 8.47. The van der Waals surface area contributed by atoms with Crippen LogP contribution in [-0.2, 0) is 12.8 Å². The summed E-state index contributed by atoms with van der Waals surface area (Å²) in [7, 11) is 0. The maximum Gasteiger partial charge on any atom is 0.210 e. The highest BCUT2D eigenvalue weighted by atomic mass is 15.2. The fourth-order valence-corrected chi connectivity index (χ4v) is 5.89. The van der Waals surface area contributed by atoms with E-state index in [2.05, 4.69) is 75.4 Å². The molecule has 2 aromatic rings. The average molecular weight is 541 g/mol. The molecule has 0 amide bonds. The molecule has 40 heavy (non-hydrogen) atoms. The third kappa shape index (κ3) is 10.5. The molecule has 1 aliphatic rings. The molecule has 0 saturated carbocycles. The molecule has 218 valence electrons. The highest BCUT2D eigenvalue weighted by Gasteiger charge is 2.28. The highest BCUT2D eigenvalue weighted by molar-refractivity contribution is 5.78. The van der Waals surface area contributed by atoms with Gasteiger partial charge in [0.25, 0.3) is 0 Å². The first-order valence-corrected chi connectivity index (χ1v) is 16.8. The highest BCUT2D eigenvalue weighted by Crippen LogP contribution is 2.37. The van der Waals surface area contributed by atoms with E-state index in [9.17, 15) is 5.53 Å². The Balaban J connectivity index is 1.64. The lowest BCUT2D eigenvalue weighted by molar-refractivity contribution is -0.344. The van der Waals surface area contributed by atoms with Gasteiger partial charge in [-0.25, -0.2) is 4.70 Å². The molecule has 2 nitrogen and oxygen atoms in total. The van der Waals surface area contributed by atoms with Gasteiger partial charge in [0, 0.05) is 22.8 Å². The van der Waals surface area contributed by atoms with Crippen molar-refractivity contribution in [2.24, 2.45) is 0 Å². The molecule has 3 rings (SSSR count). The number of allylic oxidation sites excluding steroid dienone is 2. The first-order valence-electron chi connectivity index (χ1n) is 16.8. The van der Waals surface area contributed by atoms with Gasteiger partial charge in [-0.1, -0.05) is 129 Å². The molecular formula is C38H56N2. The van der Waals surface area contributed by atoms with E-state index in [-0.39, 0.29) is 0 Å². The number of unbranched alkanes of at least 4 members (excludes halogenated alkanes) is 13. The van der Waals surface area contributed by atoms with Crippen molar-refractivity contribution < 1.29 is 4.70 Å². The quantitative estimate of drug-likeness (QED) is 0.111. The predicted molar refractivity (Wildman–Crippen MR) is 174 cm³/mol. The van der Waals surface area contributed by atoms with Gasteiger partial charge in [-0.15, -0.1) is 0 Å². The van der Waals surface area contributed by atoms with Crippen molar-refractivity contribution in [1.82, 2.24) is 0 Å². The second kappa shape index (κ2) is 18.8. The zero-order chi connectivity index (χ0) is 28.4. The Labute approximate surface area is 246 Å². The van der Waals surface area contributed by atoms with E-state index in [1.54, 1.807) is 0 Å². The van der Waals surface area contributed by atoms with Crippen LogP contribution in [0.2, 0.25) is 0 Å². The second-order valence-electron chi connectivity index (χ2n) is 12.0. The second-order valence-corrected chi connectivity index (χ2v) is 12.0. The van der Waals surface area contributed by atoms with Gasteiger partial charge in [-0.3, -0.25) is 0 Å². The van der Waals surface area contributed by atoms with Crippen LogP contribution >= 0.6 is 0 Å². The van der Waals surface area contributed by atoms with E-state index in [1.807, 2.05) is 0 Å². The van der Waals surface area contributed by atoms with Gasteiger partial charge in [-0.05, 0) is 73.9 Å². The van der Waals surface area contributed by atoms with E-state index in [0.717, 1.165) is 48.2 Å². The molecule has 0 saturated heterocycles. The molecule has 2 aromatic carbocycles. The molecule has 0 atom stereocenters. The van der Waals surface area contributed by atoms with Crippen LogP contribution in [0.3, 0.4) is 0 Å². The van der Waals surface area contributed by atoms with E-state index in [1.165, 1.54) is 118 Å². The van der Waals surface area contributed by atoms with Gasteiger partial charge in [0.1, 0.15) is 0 Å². The van der Waals surface area contributed by atoms with Gasteiger partial charge >= 0.3 is 0 Å². The Morgan fingerprint density at radius 1 is 0.475 bits per heavy atom. The minimum Gasteiger partial charge on any atom is -0.493 e. The Morgan fingerprint density at radius 2 is 0.875 bits per heavy atom. The summed E-state index contributed by atoms with van der Waals surface area (Å²) in [5.74, 6) is 0. The van der Waals surface area contributed by atoms with Crippen LogP contribution < -0.4 is 0 Å². The van der Waals surface area contributed by atoms with Crippen LogP contribution in [0, 0.1) is 0 Å². The smallest absolute Gasteiger partial charge is 0.210 e. The number of benzene rings is 2. The van der Waals surface area contributed by atoms with E-state index < -0.39 is 0 Å². The van der Waals surface area contributed by atoms with Crippen molar-refractivity contribution in [1.29, 1.82) is 0 Å². The zero-order valence-electron chi connectivity index (χ0n) is 26.0. The van der Waals surface area contributed by atoms with Crippen LogP contribution in [-0.4, -0.2) is 4.70 Å². The number of rotatable bonds is 21. The lowest BCUT2D eigenvalue weighted by Crippen LogP contribution is -2.02. The minimum atomic E-state index is 0.905. The molecule has 0 N–H and O–H groups in total. The summed E-state index contributed by atoms with van der Waals surface area (Å²) in [6.07, 6.45) is 26.4.